The predicted molar refractivity (Wildman–Crippen MR) is 68.2 cm³/mol. The number of hydrogen-bond acceptors (Lipinski definition) is 2. The number of ether oxygens (including phenoxy) is 1. The molecule has 0 N–H and O–H groups in total. The van der Waals surface area contributed by atoms with Crippen LogP contribution in [0.15, 0.2) is 42.7 Å². The lowest BCUT2D eigenvalue weighted by atomic mass is 10.3. The van der Waals surface area contributed by atoms with Crippen molar-refractivity contribution in [3.8, 4) is 11.5 Å². The molecule has 2 aromatic rings. The van der Waals surface area contributed by atoms with Crippen LogP contribution in [0.1, 0.15) is 5.56 Å². The molecule has 15 heavy (non-hydrogen) atoms. The summed E-state index contributed by atoms with van der Waals surface area (Å²) in [5, 5.41) is 0. The van der Waals surface area contributed by atoms with Crippen molar-refractivity contribution in [1.29, 1.82) is 0 Å². The van der Waals surface area contributed by atoms with Crippen LogP contribution in [0.4, 0.5) is 0 Å². The first-order valence-electron chi connectivity index (χ1n) is 4.60. The fraction of sp³-hybridized carbons (Fsp3) is 0.0833. The molecule has 0 bridgehead atoms. The Morgan fingerprint density at radius 3 is 2.53 bits per heavy atom. The van der Waals surface area contributed by atoms with Gasteiger partial charge >= 0.3 is 0 Å². The number of aryl methyl sites for hydroxylation is 1. The molecule has 0 aliphatic rings. The molecule has 76 valence electrons. The van der Waals surface area contributed by atoms with Crippen molar-refractivity contribution < 1.29 is 4.74 Å². The van der Waals surface area contributed by atoms with E-state index < -0.39 is 0 Å². The topological polar surface area (TPSA) is 22.1 Å². The van der Waals surface area contributed by atoms with E-state index in [2.05, 4.69) is 27.6 Å². The maximum Gasteiger partial charge on any atom is 0.133 e. The quantitative estimate of drug-likeness (QED) is 0.787. The first-order valence-corrected chi connectivity index (χ1v) is 5.67. The second kappa shape index (κ2) is 4.61. The van der Waals surface area contributed by atoms with E-state index in [1.165, 1.54) is 3.57 Å². The third-order valence-electron chi connectivity index (χ3n) is 2.01. The Morgan fingerprint density at radius 2 is 1.87 bits per heavy atom. The summed E-state index contributed by atoms with van der Waals surface area (Å²) in [5.74, 6) is 1.70. The van der Waals surface area contributed by atoms with Crippen LogP contribution in [0.25, 0.3) is 0 Å². The number of pyridine rings is 1. The van der Waals surface area contributed by atoms with Gasteiger partial charge in [0.2, 0.25) is 0 Å². The molecule has 1 aromatic heterocycles. The van der Waals surface area contributed by atoms with Gasteiger partial charge in [0.1, 0.15) is 11.5 Å². The van der Waals surface area contributed by atoms with E-state index in [1.807, 2.05) is 37.3 Å². The third kappa shape index (κ3) is 2.68. The van der Waals surface area contributed by atoms with E-state index >= 15 is 0 Å². The van der Waals surface area contributed by atoms with Gasteiger partial charge in [-0.3, -0.25) is 4.98 Å². The molecule has 2 rings (SSSR count). The highest BCUT2D eigenvalue weighted by Crippen LogP contribution is 2.24. The van der Waals surface area contributed by atoms with Gasteiger partial charge < -0.3 is 4.74 Å². The van der Waals surface area contributed by atoms with E-state index in [0.29, 0.717) is 0 Å². The zero-order valence-electron chi connectivity index (χ0n) is 8.27. The zero-order valence-corrected chi connectivity index (χ0v) is 10.4. The first-order chi connectivity index (χ1) is 7.25. The van der Waals surface area contributed by atoms with Crippen molar-refractivity contribution in [2.75, 3.05) is 0 Å². The number of hydrogen-bond donors (Lipinski definition) is 0. The first kappa shape index (κ1) is 10.4. The minimum atomic E-state index is 0.852. The van der Waals surface area contributed by atoms with Crippen molar-refractivity contribution in [3.63, 3.8) is 0 Å². The predicted octanol–water partition coefficient (Wildman–Crippen LogP) is 3.79. The number of nitrogens with zero attached hydrogens (tertiary/aromatic N) is 1. The van der Waals surface area contributed by atoms with Gasteiger partial charge in [0.15, 0.2) is 0 Å². The summed E-state index contributed by atoms with van der Waals surface area (Å²) in [6.45, 7) is 1.98. The highest BCUT2D eigenvalue weighted by Gasteiger charge is 2.00. The van der Waals surface area contributed by atoms with E-state index in [-0.39, 0.29) is 0 Å². The molecule has 0 spiro atoms. The van der Waals surface area contributed by atoms with Gasteiger partial charge in [-0.15, -0.1) is 0 Å². The molecular weight excluding hydrogens is 301 g/mol. The SMILES string of the molecule is Cc1cnccc1Oc1ccc(I)cc1. The van der Waals surface area contributed by atoms with Gasteiger partial charge in [0.05, 0.1) is 0 Å². The standard InChI is InChI=1S/C12H10INO/c1-9-8-14-7-6-12(9)15-11-4-2-10(13)3-5-11/h2-8H,1H3. The van der Waals surface area contributed by atoms with Crippen molar-refractivity contribution in [2.45, 2.75) is 6.92 Å². The molecule has 0 amide bonds. The molecule has 0 unspecified atom stereocenters. The fourth-order valence-electron chi connectivity index (χ4n) is 1.20. The Kier molecular flexibility index (Phi) is 3.20. The minimum absolute atomic E-state index is 0.852. The Morgan fingerprint density at radius 1 is 1.13 bits per heavy atom. The summed E-state index contributed by atoms with van der Waals surface area (Å²) < 4.78 is 6.92. The molecule has 1 heterocycles. The summed E-state index contributed by atoms with van der Waals surface area (Å²) in [4.78, 5) is 4.02. The van der Waals surface area contributed by atoms with Gasteiger partial charge in [-0.2, -0.15) is 0 Å². The Hall–Kier alpha value is -1.10. The molecule has 0 saturated heterocycles. The third-order valence-corrected chi connectivity index (χ3v) is 2.73. The maximum atomic E-state index is 5.72. The van der Waals surface area contributed by atoms with Gasteiger partial charge in [-0.25, -0.2) is 0 Å². The van der Waals surface area contributed by atoms with Crippen LogP contribution >= 0.6 is 22.6 Å². The van der Waals surface area contributed by atoms with Crippen LogP contribution < -0.4 is 4.74 Å². The summed E-state index contributed by atoms with van der Waals surface area (Å²) in [7, 11) is 0. The Balaban J connectivity index is 2.22. The molecule has 3 heteroatoms. The molecule has 0 radical (unpaired) electrons. The van der Waals surface area contributed by atoms with Gasteiger partial charge in [0.25, 0.3) is 0 Å². The number of benzene rings is 1. The number of aromatic nitrogens is 1. The summed E-state index contributed by atoms with van der Waals surface area (Å²) in [5.41, 5.74) is 1.04. The van der Waals surface area contributed by atoms with Crippen molar-refractivity contribution >= 4 is 22.6 Å². The average Bonchev–Trinajstić information content (AvgIpc) is 2.25. The van der Waals surface area contributed by atoms with Crippen molar-refractivity contribution in [2.24, 2.45) is 0 Å². The van der Waals surface area contributed by atoms with E-state index in [0.717, 1.165) is 17.1 Å². The summed E-state index contributed by atoms with van der Waals surface area (Å²) in [6, 6.07) is 9.83. The van der Waals surface area contributed by atoms with E-state index in [1.54, 1.807) is 12.4 Å². The lowest BCUT2D eigenvalue weighted by Gasteiger charge is -2.07. The second-order valence-electron chi connectivity index (χ2n) is 3.20. The number of halogens is 1. The molecule has 0 saturated carbocycles. The fourth-order valence-corrected chi connectivity index (χ4v) is 1.56. The van der Waals surface area contributed by atoms with Crippen LogP contribution in [-0.2, 0) is 0 Å². The van der Waals surface area contributed by atoms with Gasteiger partial charge in [0, 0.05) is 21.5 Å². The zero-order chi connectivity index (χ0) is 10.7. The van der Waals surface area contributed by atoms with Crippen LogP contribution in [-0.4, -0.2) is 4.98 Å². The van der Waals surface area contributed by atoms with Crippen LogP contribution in [0.3, 0.4) is 0 Å². The van der Waals surface area contributed by atoms with Gasteiger partial charge in [-0.1, -0.05) is 0 Å². The molecule has 0 fully saturated rings. The van der Waals surface area contributed by atoms with E-state index in [9.17, 15) is 0 Å². The Labute approximate surface area is 102 Å². The van der Waals surface area contributed by atoms with Crippen LogP contribution in [0.2, 0.25) is 0 Å². The van der Waals surface area contributed by atoms with Crippen molar-refractivity contribution in [1.82, 2.24) is 4.98 Å². The molecule has 2 nitrogen and oxygen atoms in total. The Bertz CT molecular complexity index is 453. The molecule has 0 aliphatic heterocycles. The molecule has 0 aliphatic carbocycles. The van der Waals surface area contributed by atoms with Crippen LogP contribution in [0.5, 0.6) is 11.5 Å². The molecule has 1 aromatic carbocycles. The van der Waals surface area contributed by atoms with E-state index in [4.69, 9.17) is 4.74 Å². The average molecular weight is 311 g/mol. The monoisotopic (exact) mass is 311 g/mol. The second-order valence-corrected chi connectivity index (χ2v) is 4.44. The normalized spacial score (nSPS) is 10.0. The van der Waals surface area contributed by atoms with Gasteiger partial charge in [-0.05, 0) is 59.8 Å². The largest absolute Gasteiger partial charge is 0.457 e. The minimum Gasteiger partial charge on any atom is -0.457 e. The lowest BCUT2D eigenvalue weighted by molar-refractivity contribution is 0.478. The highest BCUT2D eigenvalue weighted by molar-refractivity contribution is 14.1. The lowest BCUT2D eigenvalue weighted by Crippen LogP contribution is -1.88. The summed E-state index contributed by atoms with van der Waals surface area (Å²) in [6.07, 6.45) is 3.52. The smallest absolute Gasteiger partial charge is 0.133 e. The number of rotatable bonds is 2. The van der Waals surface area contributed by atoms with Crippen LogP contribution in [0, 0.1) is 10.5 Å². The molecule has 0 atom stereocenters. The van der Waals surface area contributed by atoms with Crippen molar-refractivity contribution in [3.05, 3.63) is 51.9 Å². The molecular formula is C12H10INO. The highest BCUT2D eigenvalue weighted by atomic mass is 127. The summed E-state index contributed by atoms with van der Waals surface area (Å²) >= 11 is 2.27. The maximum absolute atomic E-state index is 5.72.